The third kappa shape index (κ3) is 5.51. The van der Waals surface area contributed by atoms with E-state index in [0.29, 0.717) is 42.6 Å². The maximum absolute atomic E-state index is 12.6. The number of hydrogen-bond acceptors (Lipinski definition) is 4. The molecule has 2 N–H and O–H groups in total. The van der Waals surface area contributed by atoms with Crippen LogP contribution in [-0.2, 0) is 16.0 Å². The highest BCUT2D eigenvalue weighted by molar-refractivity contribution is 7.80. The summed E-state index contributed by atoms with van der Waals surface area (Å²) in [4.78, 5) is 26.5. The van der Waals surface area contributed by atoms with Crippen LogP contribution in [0.1, 0.15) is 15.9 Å². The molecule has 0 atom stereocenters. The molecule has 0 unspecified atom stereocenters. The Balaban J connectivity index is 1.62. The Labute approximate surface area is 173 Å². The van der Waals surface area contributed by atoms with Crippen molar-refractivity contribution >= 4 is 46.4 Å². The number of amides is 2. The number of carbonyl (C=O) groups excluding carboxylic acids is 2. The van der Waals surface area contributed by atoms with Gasteiger partial charge >= 0.3 is 0 Å². The van der Waals surface area contributed by atoms with Crippen LogP contribution in [0, 0.1) is 0 Å². The number of rotatable bonds is 4. The molecule has 2 aromatic rings. The lowest BCUT2D eigenvalue weighted by atomic mass is 10.1. The van der Waals surface area contributed by atoms with Gasteiger partial charge in [0.25, 0.3) is 5.91 Å². The molecule has 0 aromatic heterocycles. The maximum atomic E-state index is 12.6. The highest BCUT2D eigenvalue weighted by Crippen LogP contribution is 2.24. The van der Waals surface area contributed by atoms with Crippen LogP contribution in [0.25, 0.3) is 0 Å². The first-order valence-corrected chi connectivity index (χ1v) is 9.63. The van der Waals surface area contributed by atoms with Gasteiger partial charge in [-0.15, -0.1) is 0 Å². The van der Waals surface area contributed by atoms with E-state index in [9.17, 15) is 9.59 Å². The lowest BCUT2D eigenvalue weighted by Gasteiger charge is -2.27. The Morgan fingerprint density at radius 1 is 1.11 bits per heavy atom. The van der Waals surface area contributed by atoms with Gasteiger partial charge in [0.1, 0.15) is 0 Å². The second-order valence-electron chi connectivity index (χ2n) is 6.26. The van der Waals surface area contributed by atoms with E-state index < -0.39 is 0 Å². The molecule has 0 spiro atoms. The summed E-state index contributed by atoms with van der Waals surface area (Å²) in [6.45, 7) is 2.17. The van der Waals surface area contributed by atoms with Gasteiger partial charge in [-0.2, -0.15) is 0 Å². The van der Waals surface area contributed by atoms with E-state index in [-0.39, 0.29) is 23.3 Å². The molecule has 8 heteroatoms. The minimum Gasteiger partial charge on any atom is -0.378 e. The van der Waals surface area contributed by atoms with Crippen molar-refractivity contribution in [3.8, 4) is 0 Å². The van der Waals surface area contributed by atoms with Crippen LogP contribution in [-0.4, -0.2) is 48.1 Å². The van der Waals surface area contributed by atoms with Crippen LogP contribution in [0.5, 0.6) is 0 Å². The largest absolute Gasteiger partial charge is 0.378 e. The Morgan fingerprint density at radius 3 is 2.54 bits per heavy atom. The lowest BCUT2D eigenvalue weighted by Crippen LogP contribution is -2.40. The van der Waals surface area contributed by atoms with Crippen molar-refractivity contribution in [1.29, 1.82) is 0 Å². The van der Waals surface area contributed by atoms with Crippen molar-refractivity contribution in [3.05, 3.63) is 64.7 Å². The van der Waals surface area contributed by atoms with Gasteiger partial charge in [0, 0.05) is 18.7 Å². The molecular formula is C20H20ClN3O3S. The molecule has 1 heterocycles. The van der Waals surface area contributed by atoms with Gasteiger partial charge in [-0.1, -0.05) is 41.9 Å². The van der Waals surface area contributed by atoms with E-state index in [1.165, 1.54) is 0 Å². The van der Waals surface area contributed by atoms with E-state index >= 15 is 0 Å². The number of nitrogens with zero attached hydrogens (tertiary/aromatic N) is 1. The van der Waals surface area contributed by atoms with Gasteiger partial charge < -0.3 is 20.3 Å². The third-order valence-electron chi connectivity index (χ3n) is 4.22. The van der Waals surface area contributed by atoms with E-state index in [1.807, 2.05) is 30.3 Å². The van der Waals surface area contributed by atoms with Crippen molar-refractivity contribution in [3.63, 3.8) is 0 Å². The van der Waals surface area contributed by atoms with Gasteiger partial charge in [0.2, 0.25) is 5.91 Å². The molecule has 1 saturated heterocycles. The number of benzene rings is 2. The smallest absolute Gasteiger partial charge is 0.254 e. The normalized spacial score (nSPS) is 13.7. The summed E-state index contributed by atoms with van der Waals surface area (Å²) in [7, 11) is 0. The summed E-state index contributed by atoms with van der Waals surface area (Å²) in [6, 6.07) is 14.3. The van der Waals surface area contributed by atoms with Gasteiger partial charge in [-0.05, 0) is 36.0 Å². The number of thiocarbonyl (C=S) groups is 1. The first-order chi connectivity index (χ1) is 13.5. The summed E-state index contributed by atoms with van der Waals surface area (Å²) < 4.78 is 5.28. The van der Waals surface area contributed by atoms with E-state index in [4.69, 9.17) is 28.6 Å². The molecule has 146 valence electrons. The van der Waals surface area contributed by atoms with Crippen LogP contribution in [0.15, 0.2) is 48.5 Å². The van der Waals surface area contributed by atoms with Crippen molar-refractivity contribution in [1.82, 2.24) is 10.2 Å². The number of hydrogen-bond donors (Lipinski definition) is 2. The first kappa shape index (κ1) is 20.3. The molecule has 2 aromatic carbocycles. The van der Waals surface area contributed by atoms with Gasteiger partial charge in [0.15, 0.2) is 5.11 Å². The molecule has 2 amide bonds. The van der Waals surface area contributed by atoms with Crippen LogP contribution in [0.4, 0.5) is 5.69 Å². The van der Waals surface area contributed by atoms with E-state index in [1.54, 1.807) is 23.1 Å². The van der Waals surface area contributed by atoms with Crippen molar-refractivity contribution in [2.24, 2.45) is 0 Å². The number of carbonyl (C=O) groups is 2. The van der Waals surface area contributed by atoms with Gasteiger partial charge in [-0.25, -0.2) is 0 Å². The summed E-state index contributed by atoms with van der Waals surface area (Å²) in [5, 5.41) is 6.05. The molecule has 1 fully saturated rings. The summed E-state index contributed by atoms with van der Waals surface area (Å²) in [6.07, 6.45) is 0.214. The minimum atomic E-state index is -0.236. The number of anilines is 1. The molecule has 0 aliphatic carbocycles. The zero-order valence-corrected chi connectivity index (χ0v) is 16.7. The summed E-state index contributed by atoms with van der Waals surface area (Å²) in [5.74, 6) is -0.331. The zero-order chi connectivity index (χ0) is 19.9. The minimum absolute atomic E-state index is 0.0953. The van der Waals surface area contributed by atoms with Crippen molar-refractivity contribution in [2.75, 3.05) is 31.6 Å². The Kier molecular flexibility index (Phi) is 6.97. The molecule has 1 aliphatic rings. The average molecular weight is 418 g/mol. The Morgan fingerprint density at radius 2 is 1.82 bits per heavy atom. The quantitative estimate of drug-likeness (QED) is 0.748. The molecule has 1 aliphatic heterocycles. The number of nitrogens with one attached hydrogen (secondary N) is 2. The third-order valence-corrected chi connectivity index (χ3v) is 4.75. The molecule has 0 radical (unpaired) electrons. The van der Waals surface area contributed by atoms with E-state index in [0.717, 1.165) is 5.56 Å². The predicted octanol–water partition coefficient (Wildman–Crippen LogP) is 2.87. The number of halogens is 1. The highest BCUT2D eigenvalue weighted by atomic mass is 35.5. The van der Waals surface area contributed by atoms with Crippen molar-refractivity contribution in [2.45, 2.75) is 6.42 Å². The molecule has 6 nitrogen and oxygen atoms in total. The summed E-state index contributed by atoms with van der Waals surface area (Å²) in [5.41, 5.74) is 1.84. The second kappa shape index (κ2) is 9.64. The van der Waals surface area contributed by atoms with Gasteiger partial charge in [0.05, 0.1) is 30.3 Å². The first-order valence-electron chi connectivity index (χ1n) is 8.84. The topological polar surface area (TPSA) is 70.7 Å². The summed E-state index contributed by atoms with van der Waals surface area (Å²) >= 11 is 11.4. The standard InChI is InChI=1S/C20H20ClN3O3S/c21-16-7-6-15(19(26)24-8-10-27-11-9-24)13-17(16)22-20(28)23-18(25)12-14-4-2-1-3-5-14/h1-7,13H,8-12H2,(H2,22,23,25,28). The molecule has 0 saturated carbocycles. The predicted molar refractivity (Wildman–Crippen MR) is 113 cm³/mol. The Hall–Kier alpha value is -2.48. The molecule has 28 heavy (non-hydrogen) atoms. The fourth-order valence-corrected chi connectivity index (χ4v) is 3.20. The van der Waals surface area contributed by atoms with Crippen LogP contribution >= 0.6 is 23.8 Å². The van der Waals surface area contributed by atoms with Crippen molar-refractivity contribution < 1.29 is 14.3 Å². The van der Waals surface area contributed by atoms with Crippen LogP contribution in [0.3, 0.4) is 0 Å². The number of ether oxygens (including phenoxy) is 1. The molecular weight excluding hydrogens is 398 g/mol. The van der Waals surface area contributed by atoms with E-state index in [2.05, 4.69) is 10.6 Å². The maximum Gasteiger partial charge on any atom is 0.254 e. The van der Waals surface area contributed by atoms with Crippen LogP contribution in [0.2, 0.25) is 5.02 Å². The van der Waals surface area contributed by atoms with Crippen LogP contribution < -0.4 is 10.6 Å². The Bertz CT molecular complexity index is 870. The van der Waals surface area contributed by atoms with Gasteiger partial charge in [-0.3, -0.25) is 9.59 Å². The fourth-order valence-electron chi connectivity index (χ4n) is 2.81. The average Bonchev–Trinajstić information content (AvgIpc) is 2.70. The fraction of sp³-hybridized carbons (Fsp3) is 0.250. The second-order valence-corrected chi connectivity index (χ2v) is 7.08. The monoisotopic (exact) mass is 417 g/mol. The zero-order valence-electron chi connectivity index (χ0n) is 15.1. The molecule has 3 rings (SSSR count). The lowest BCUT2D eigenvalue weighted by molar-refractivity contribution is -0.119. The number of morpholine rings is 1. The SMILES string of the molecule is O=C(Cc1ccccc1)NC(=S)Nc1cc(C(=O)N2CCOCC2)ccc1Cl. The highest BCUT2D eigenvalue weighted by Gasteiger charge is 2.19. The molecule has 0 bridgehead atoms.